The molecular formula is C13H22N2O3S2. The maximum absolute atomic E-state index is 11.2. The highest BCUT2D eigenvalue weighted by molar-refractivity contribution is 7.84. The lowest BCUT2D eigenvalue weighted by Crippen LogP contribution is -2.14. The minimum absolute atomic E-state index is 0.186. The second-order valence-electron chi connectivity index (χ2n) is 4.47. The molecule has 1 aromatic rings. The molecule has 0 aliphatic carbocycles. The molecule has 1 heterocycles. The van der Waals surface area contributed by atoms with E-state index in [0.717, 1.165) is 23.8 Å². The van der Waals surface area contributed by atoms with Crippen molar-refractivity contribution in [1.82, 2.24) is 4.98 Å². The van der Waals surface area contributed by atoms with Crippen molar-refractivity contribution in [2.45, 2.75) is 38.4 Å². The van der Waals surface area contributed by atoms with Gasteiger partial charge in [0.25, 0.3) is 0 Å². The van der Waals surface area contributed by atoms with Crippen LogP contribution in [0.4, 0.5) is 5.13 Å². The van der Waals surface area contributed by atoms with Gasteiger partial charge in [-0.15, -0.1) is 11.3 Å². The van der Waals surface area contributed by atoms with Crippen molar-refractivity contribution < 1.29 is 13.7 Å². The van der Waals surface area contributed by atoms with E-state index >= 15 is 0 Å². The normalized spacial score (nSPS) is 13.8. The van der Waals surface area contributed by atoms with Gasteiger partial charge in [-0.25, -0.2) is 4.98 Å². The molecule has 7 heteroatoms. The molecule has 0 saturated carbocycles. The van der Waals surface area contributed by atoms with Gasteiger partial charge in [0.15, 0.2) is 5.13 Å². The molecule has 0 saturated heterocycles. The zero-order chi connectivity index (χ0) is 15.0. The van der Waals surface area contributed by atoms with E-state index in [1.807, 2.05) is 12.3 Å². The Bertz CT molecular complexity index is 449. The molecule has 114 valence electrons. The molecule has 0 aromatic carbocycles. The summed E-state index contributed by atoms with van der Waals surface area (Å²) >= 11 is 1.52. The van der Waals surface area contributed by atoms with Crippen molar-refractivity contribution in [3.05, 3.63) is 11.1 Å². The summed E-state index contributed by atoms with van der Waals surface area (Å²) in [5.74, 6) is -0.186. The zero-order valence-electron chi connectivity index (χ0n) is 12.2. The van der Waals surface area contributed by atoms with Gasteiger partial charge in [0.2, 0.25) is 0 Å². The van der Waals surface area contributed by atoms with Crippen molar-refractivity contribution in [2.75, 3.05) is 24.7 Å². The van der Waals surface area contributed by atoms with Gasteiger partial charge in [-0.1, -0.05) is 6.92 Å². The first-order chi connectivity index (χ1) is 9.52. The molecule has 0 aliphatic heterocycles. The number of carbonyl (C=O) groups excluding carboxylic acids is 1. The number of carbonyl (C=O) groups is 1. The van der Waals surface area contributed by atoms with E-state index in [-0.39, 0.29) is 11.2 Å². The predicted octanol–water partition coefficient (Wildman–Crippen LogP) is 2.21. The number of aryl methyl sites for hydroxylation is 1. The highest BCUT2D eigenvalue weighted by Crippen LogP contribution is 2.17. The molecule has 0 aliphatic rings. The Labute approximate surface area is 126 Å². The maximum Gasteiger partial charge on any atom is 0.306 e. The number of anilines is 1. The highest BCUT2D eigenvalue weighted by atomic mass is 32.2. The van der Waals surface area contributed by atoms with Gasteiger partial charge in [0.1, 0.15) is 0 Å². The molecule has 0 radical (unpaired) electrons. The van der Waals surface area contributed by atoms with Crippen molar-refractivity contribution in [2.24, 2.45) is 0 Å². The van der Waals surface area contributed by atoms with E-state index in [9.17, 15) is 9.00 Å². The molecule has 2 unspecified atom stereocenters. The lowest BCUT2D eigenvalue weighted by molar-refractivity contribution is -0.143. The Hall–Kier alpha value is -0.950. The molecule has 0 bridgehead atoms. The van der Waals surface area contributed by atoms with Crippen LogP contribution in [0.3, 0.4) is 0 Å². The van der Waals surface area contributed by atoms with Crippen LogP contribution in [-0.4, -0.2) is 39.8 Å². The number of esters is 1. The fraction of sp³-hybridized carbons (Fsp3) is 0.692. The second kappa shape index (κ2) is 9.07. The Morgan fingerprint density at radius 3 is 3.00 bits per heavy atom. The van der Waals surface area contributed by atoms with Gasteiger partial charge in [-0.2, -0.15) is 0 Å². The third kappa shape index (κ3) is 6.47. The van der Waals surface area contributed by atoms with Crippen LogP contribution in [0, 0.1) is 0 Å². The summed E-state index contributed by atoms with van der Waals surface area (Å²) in [6.45, 7) is 4.95. The number of hydrogen-bond donors (Lipinski definition) is 1. The Morgan fingerprint density at radius 1 is 1.60 bits per heavy atom. The number of ether oxygens (including phenoxy) is 1. The van der Waals surface area contributed by atoms with Crippen LogP contribution in [0.5, 0.6) is 0 Å². The van der Waals surface area contributed by atoms with Crippen LogP contribution in [0.2, 0.25) is 0 Å². The maximum atomic E-state index is 11.2. The number of nitrogens with zero attached hydrogens (tertiary/aromatic N) is 1. The van der Waals surface area contributed by atoms with E-state index in [2.05, 4.69) is 10.3 Å². The fourth-order valence-corrected chi connectivity index (χ4v) is 2.74. The van der Waals surface area contributed by atoms with E-state index < -0.39 is 10.8 Å². The summed E-state index contributed by atoms with van der Waals surface area (Å²) in [6, 6.07) is 0. The molecule has 20 heavy (non-hydrogen) atoms. The Morgan fingerprint density at radius 2 is 2.35 bits per heavy atom. The lowest BCUT2D eigenvalue weighted by atomic mass is 10.2. The third-order valence-electron chi connectivity index (χ3n) is 2.84. The molecule has 1 rings (SSSR count). The molecule has 1 N–H and O–H groups in total. The first-order valence-corrected chi connectivity index (χ1v) is 9.19. The summed E-state index contributed by atoms with van der Waals surface area (Å²) in [7, 11) is -0.782. The zero-order valence-corrected chi connectivity index (χ0v) is 13.8. The monoisotopic (exact) mass is 318 g/mol. The minimum Gasteiger partial charge on any atom is -0.466 e. The van der Waals surface area contributed by atoms with Crippen LogP contribution in [0.25, 0.3) is 0 Å². The van der Waals surface area contributed by atoms with Gasteiger partial charge >= 0.3 is 5.97 Å². The number of thiazole rings is 1. The fourth-order valence-electron chi connectivity index (χ4n) is 1.51. The number of nitrogens with one attached hydrogen (secondary N) is 1. The molecule has 0 amide bonds. The molecule has 5 nitrogen and oxygen atoms in total. The van der Waals surface area contributed by atoms with Gasteiger partial charge in [-0.3, -0.25) is 9.00 Å². The molecule has 0 fully saturated rings. The van der Waals surface area contributed by atoms with Crippen LogP contribution < -0.4 is 5.32 Å². The van der Waals surface area contributed by atoms with E-state index in [4.69, 9.17) is 4.74 Å². The SMILES string of the molecule is CCOC(=O)CCc1csc(NCCC(C)S(C)=O)n1. The van der Waals surface area contributed by atoms with Gasteiger partial charge in [0, 0.05) is 40.7 Å². The highest BCUT2D eigenvalue weighted by Gasteiger charge is 2.08. The average Bonchev–Trinajstić information content (AvgIpc) is 2.84. The number of hydrogen-bond acceptors (Lipinski definition) is 6. The lowest BCUT2D eigenvalue weighted by Gasteiger charge is -2.07. The number of aromatic nitrogens is 1. The van der Waals surface area contributed by atoms with Gasteiger partial charge in [-0.05, 0) is 13.3 Å². The van der Waals surface area contributed by atoms with E-state index in [0.29, 0.717) is 19.4 Å². The van der Waals surface area contributed by atoms with Crippen LogP contribution >= 0.6 is 11.3 Å². The molecule has 0 spiro atoms. The minimum atomic E-state index is -0.782. The largest absolute Gasteiger partial charge is 0.466 e. The van der Waals surface area contributed by atoms with Gasteiger partial charge < -0.3 is 10.1 Å². The van der Waals surface area contributed by atoms with Crippen molar-refractivity contribution in [3.63, 3.8) is 0 Å². The molecule has 2 atom stereocenters. The standard InChI is InChI=1S/C13H22N2O3S2/c1-4-18-12(16)6-5-11-9-19-13(15-11)14-8-7-10(2)20(3)17/h9-10H,4-8H2,1-3H3,(H,14,15). The summed E-state index contributed by atoms with van der Waals surface area (Å²) in [5, 5.41) is 6.20. The summed E-state index contributed by atoms with van der Waals surface area (Å²) in [5.41, 5.74) is 0.901. The average molecular weight is 318 g/mol. The van der Waals surface area contributed by atoms with E-state index in [1.54, 1.807) is 13.2 Å². The molecule has 1 aromatic heterocycles. The molecular weight excluding hydrogens is 296 g/mol. The van der Waals surface area contributed by atoms with Crippen molar-refractivity contribution in [3.8, 4) is 0 Å². The van der Waals surface area contributed by atoms with Crippen molar-refractivity contribution in [1.29, 1.82) is 0 Å². The Balaban J connectivity index is 2.29. The second-order valence-corrected chi connectivity index (χ2v) is 7.13. The topological polar surface area (TPSA) is 68.3 Å². The van der Waals surface area contributed by atoms with Crippen LogP contribution in [0.1, 0.15) is 32.4 Å². The quantitative estimate of drug-likeness (QED) is 0.707. The predicted molar refractivity (Wildman–Crippen MR) is 83.7 cm³/mol. The van der Waals surface area contributed by atoms with Crippen molar-refractivity contribution >= 4 is 33.2 Å². The third-order valence-corrected chi connectivity index (χ3v) is 5.05. The van der Waals surface area contributed by atoms with Crippen LogP contribution in [-0.2, 0) is 26.8 Å². The smallest absolute Gasteiger partial charge is 0.306 e. The summed E-state index contributed by atoms with van der Waals surface area (Å²) < 4.78 is 16.1. The van der Waals surface area contributed by atoms with Gasteiger partial charge in [0.05, 0.1) is 18.7 Å². The Kier molecular flexibility index (Phi) is 7.76. The first-order valence-electron chi connectivity index (χ1n) is 6.69. The van der Waals surface area contributed by atoms with E-state index in [1.165, 1.54) is 11.3 Å². The van der Waals surface area contributed by atoms with Crippen LogP contribution in [0.15, 0.2) is 5.38 Å². The first kappa shape index (κ1) is 17.1. The summed E-state index contributed by atoms with van der Waals surface area (Å²) in [6.07, 6.45) is 3.54. The number of rotatable bonds is 9. The summed E-state index contributed by atoms with van der Waals surface area (Å²) in [4.78, 5) is 15.7.